The number of anilines is 1. The van der Waals surface area contributed by atoms with Crippen molar-refractivity contribution in [1.29, 1.82) is 0 Å². The molecular weight excluding hydrogens is 248 g/mol. The number of nitrogens with one attached hydrogen (secondary N) is 1. The van der Waals surface area contributed by atoms with E-state index in [1.165, 1.54) is 5.39 Å². The molecular formula is C17H24N2O. The molecule has 0 spiro atoms. The zero-order valence-electron chi connectivity index (χ0n) is 12.6. The maximum absolute atomic E-state index is 5.59. The number of rotatable bonds is 7. The van der Waals surface area contributed by atoms with Gasteiger partial charge in [-0.3, -0.25) is 4.98 Å². The number of pyridine rings is 1. The molecule has 0 atom stereocenters. The zero-order chi connectivity index (χ0) is 14.4. The van der Waals surface area contributed by atoms with E-state index in [1.54, 1.807) is 0 Å². The Labute approximate surface area is 121 Å². The van der Waals surface area contributed by atoms with Crippen molar-refractivity contribution in [2.75, 3.05) is 25.1 Å². The molecule has 0 aliphatic rings. The number of aromatic nitrogens is 1. The quantitative estimate of drug-likeness (QED) is 0.773. The number of aryl methyl sites for hydroxylation is 1. The van der Waals surface area contributed by atoms with Gasteiger partial charge in [-0.25, -0.2) is 0 Å². The van der Waals surface area contributed by atoms with Gasteiger partial charge in [-0.15, -0.1) is 0 Å². The average molecular weight is 272 g/mol. The van der Waals surface area contributed by atoms with Crippen LogP contribution in [0.25, 0.3) is 10.9 Å². The summed E-state index contributed by atoms with van der Waals surface area (Å²) in [6.07, 6.45) is 1.02. The van der Waals surface area contributed by atoms with E-state index in [0.29, 0.717) is 5.92 Å². The number of hydrogen-bond acceptors (Lipinski definition) is 3. The molecule has 0 amide bonds. The lowest BCUT2D eigenvalue weighted by Crippen LogP contribution is -2.09. The van der Waals surface area contributed by atoms with E-state index >= 15 is 0 Å². The van der Waals surface area contributed by atoms with Crippen LogP contribution >= 0.6 is 0 Å². The Morgan fingerprint density at radius 2 is 2.05 bits per heavy atom. The van der Waals surface area contributed by atoms with Gasteiger partial charge in [0, 0.05) is 36.5 Å². The molecule has 0 unspecified atom stereocenters. The topological polar surface area (TPSA) is 34.1 Å². The smallest absolute Gasteiger partial charge is 0.0725 e. The van der Waals surface area contributed by atoms with Gasteiger partial charge in [0.1, 0.15) is 0 Å². The monoisotopic (exact) mass is 272 g/mol. The zero-order valence-corrected chi connectivity index (χ0v) is 12.6. The molecule has 20 heavy (non-hydrogen) atoms. The van der Waals surface area contributed by atoms with Gasteiger partial charge >= 0.3 is 0 Å². The van der Waals surface area contributed by atoms with E-state index < -0.39 is 0 Å². The summed E-state index contributed by atoms with van der Waals surface area (Å²) in [4.78, 5) is 4.55. The summed E-state index contributed by atoms with van der Waals surface area (Å²) < 4.78 is 5.59. The first-order valence-electron chi connectivity index (χ1n) is 7.35. The highest BCUT2D eigenvalue weighted by Crippen LogP contribution is 2.22. The van der Waals surface area contributed by atoms with Crippen molar-refractivity contribution in [2.24, 2.45) is 5.92 Å². The molecule has 1 aromatic carbocycles. The lowest BCUT2D eigenvalue weighted by Gasteiger charge is -2.11. The van der Waals surface area contributed by atoms with Gasteiger partial charge in [0.25, 0.3) is 0 Å². The van der Waals surface area contributed by atoms with Gasteiger partial charge < -0.3 is 10.1 Å². The molecule has 3 heteroatoms. The van der Waals surface area contributed by atoms with Crippen molar-refractivity contribution >= 4 is 16.6 Å². The summed E-state index contributed by atoms with van der Waals surface area (Å²) in [6.45, 7) is 8.95. The van der Waals surface area contributed by atoms with E-state index in [0.717, 1.165) is 43.1 Å². The van der Waals surface area contributed by atoms with Gasteiger partial charge in [-0.2, -0.15) is 0 Å². The first kappa shape index (κ1) is 14.8. The minimum absolute atomic E-state index is 0.606. The van der Waals surface area contributed by atoms with E-state index in [1.807, 2.05) is 13.0 Å². The number of hydrogen-bond donors (Lipinski definition) is 1. The van der Waals surface area contributed by atoms with Gasteiger partial charge in [0.2, 0.25) is 0 Å². The Hall–Kier alpha value is -1.61. The Bertz CT molecular complexity index is 552. The molecule has 0 bridgehead atoms. The first-order chi connectivity index (χ1) is 9.66. The Kier molecular flexibility index (Phi) is 5.36. The van der Waals surface area contributed by atoms with E-state index in [2.05, 4.69) is 48.4 Å². The predicted molar refractivity (Wildman–Crippen MR) is 85.2 cm³/mol. The summed E-state index contributed by atoms with van der Waals surface area (Å²) in [5.74, 6) is 0.606. The minimum Gasteiger partial charge on any atom is -0.384 e. The molecule has 0 aliphatic heterocycles. The van der Waals surface area contributed by atoms with Crippen LogP contribution in [0.15, 0.2) is 30.3 Å². The van der Waals surface area contributed by atoms with Gasteiger partial charge in [-0.1, -0.05) is 32.0 Å². The molecule has 2 rings (SSSR count). The fourth-order valence-electron chi connectivity index (χ4n) is 2.17. The maximum atomic E-state index is 5.59. The fraction of sp³-hybridized carbons (Fsp3) is 0.471. The van der Waals surface area contributed by atoms with Gasteiger partial charge in [-0.05, 0) is 31.4 Å². The Morgan fingerprint density at radius 3 is 2.85 bits per heavy atom. The predicted octanol–water partition coefficient (Wildman–Crippen LogP) is 4.02. The van der Waals surface area contributed by atoms with Crippen molar-refractivity contribution in [3.63, 3.8) is 0 Å². The summed E-state index contributed by atoms with van der Waals surface area (Å²) in [6, 6.07) is 10.4. The summed E-state index contributed by atoms with van der Waals surface area (Å²) in [5.41, 5.74) is 3.25. The molecule has 2 aromatic rings. The van der Waals surface area contributed by atoms with Crippen LogP contribution in [0.1, 0.15) is 26.0 Å². The standard InChI is InChI=1S/C17H24N2O/c1-13(2)12-20-10-6-9-18-17-11-14(3)19-16-8-5-4-7-15(16)17/h4-5,7-8,11,13H,6,9-10,12H2,1-3H3,(H,18,19). The molecule has 0 saturated carbocycles. The minimum atomic E-state index is 0.606. The largest absolute Gasteiger partial charge is 0.384 e. The SMILES string of the molecule is Cc1cc(NCCCOCC(C)C)c2ccccc2n1. The maximum Gasteiger partial charge on any atom is 0.0725 e. The third-order valence-corrected chi connectivity index (χ3v) is 3.08. The van der Waals surface area contributed by atoms with E-state index in [9.17, 15) is 0 Å². The average Bonchev–Trinajstić information content (AvgIpc) is 2.42. The van der Waals surface area contributed by atoms with Gasteiger partial charge in [0.05, 0.1) is 5.52 Å². The number of fused-ring (bicyclic) bond motifs is 1. The Morgan fingerprint density at radius 1 is 1.25 bits per heavy atom. The van der Waals surface area contributed by atoms with Crippen LogP contribution in [0, 0.1) is 12.8 Å². The molecule has 1 aromatic heterocycles. The second-order valence-corrected chi connectivity index (χ2v) is 5.58. The first-order valence-corrected chi connectivity index (χ1v) is 7.35. The number of para-hydroxylation sites is 1. The second-order valence-electron chi connectivity index (χ2n) is 5.58. The highest BCUT2D eigenvalue weighted by molar-refractivity contribution is 5.91. The third kappa shape index (κ3) is 4.20. The molecule has 0 radical (unpaired) electrons. The summed E-state index contributed by atoms with van der Waals surface area (Å²) >= 11 is 0. The molecule has 108 valence electrons. The lowest BCUT2D eigenvalue weighted by atomic mass is 10.1. The number of benzene rings is 1. The molecule has 0 saturated heterocycles. The molecule has 1 N–H and O–H groups in total. The van der Waals surface area contributed by atoms with E-state index in [4.69, 9.17) is 4.74 Å². The van der Waals surface area contributed by atoms with Crippen LogP contribution in [-0.4, -0.2) is 24.7 Å². The second kappa shape index (κ2) is 7.25. The number of nitrogens with zero attached hydrogens (tertiary/aromatic N) is 1. The third-order valence-electron chi connectivity index (χ3n) is 3.08. The van der Waals surface area contributed by atoms with Crippen LogP contribution in [0.2, 0.25) is 0 Å². The van der Waals surface area contributed by atoms with Crippen LogP contribution < -0.4 is 5.32 Å². The normalized spacial score (nSPS) is 11.2. The highest BCUT2D eigenvalue weighted by Gasteiger charge is 2.02. The van der Waals surface area contributed by atoms with Gasteiger partial charge in [0.15, 0.2) is 0 Å². The van der Waals surface area contributed by atoms with E-state index in [-0.39, 0.29) is 0 Å². The summed E-state index contributed by atoms with van der Waals surface area (Å²) in [5, 5.41) is 4.68. The van der Waals surface area contributed by atoms with Crippen molar-refractivity contribution in [3.05, 3.63) is 36.0 Å². The summed E-state index contributed by atoms with van der Waals surface area (Å²) in [7, 11) is 0. The molecule has 0 fully saturated rings. The van der Waals surface area contributed by atoms with Crippen molar-refractivity contribution in [3.8, 4) is 0 Å². The lowest BCUT2D eigenvalue weighted by molar-refractivity contribution is 0.110. The Balaban J connectivity index is 1.90. The van der Waals surface area contributed by atoms with Crippen molar-refractivity contribution in [1.82, 2.24) is 4.98 Å². The van der Waals surface area contributed by atoms with Crippen LogP contribution in [0.4, 0.5) is 5.69 Å². The van der Waals surface area contributed by atoms with Crippen LogP contribution in [0.5, 0.6) is 0 Å². The fourth-order valence-corrected chi connectivity index (χ4v) is 2.17. The van der Waals surface area contributed by atoms with Crippen LogP contribution in [0.3, 0.4) is 0 Å². The molecule has 1 heterocycles. The highest BCUT2D eigenvalue weighted by atomic mass is 16.5. The molecule has 3 nitrogen and oxygen atoms in total. The number of ether oxygens (including phenoxy) is 1. The van der Waals surface area contributed by atoms with Crippen molar-refractivity contribution < 1.29 is 4.74 Å². The van der Waals surface area contributed by atoms with Crippen LogP contribution in [-0.2, 0) is 4.74 Å². The molecule has 0 aliphatic carbocycles. The van der Waals surface area contributed by atoms with Crippen molar-refractivity contribution in [2.45, 2.75) is 27.2 Å².